The lowest BCUT2D eigenvalue weighted by Gasteiger charge is -2.12. The fraction of sp³-hybridized carbons (Fsp3) is 0.214. The number of anilines is 2. The molecule has 1 unspecified atom stereocenters. The third-order valence-corrected chi connectivity index (χ3v) is 3.51. The number of carbonyl (C=O) groups is 2. The smallest absolute Gasteiger partial charge is 0.326 e. The van der Waals surface area contributed by atoms with Crippen LogP contribution in [0.1, 0.15) is 23.7 Å². The molecule has 2 aromatic rings. The maximum absolute atomic E-state index is 12.1. The molecule has 7 heteroatoms. The van der Waals surface area contributed by atoms with E-state index in [1.54, 1.807) is 31.3 Å². The van der Waals surface area contributed by atoms with Gasteiger partial charge < -0.3 is 15.7 Å². The van der Waals surface area contributed by atoms with Crippen molar-refractivity contribution in [3.05, 3.63) is 41.4 Å². The molecular weight excluding hydrogens is 290 g/mol. The Kier molecular flexibility index (Phi) is 4.89. The molecule has 2 rings (SSSR count). The van der Waals surface area contributed by atoms with Crippen LogP contribution in [-0.4, -0.2) is 28.0 Å². The minimum absolute atomic E-state index is 0.331. The maximum atomic E-state index is 12.1. The van der Waals surface area contributed by atoms with E-state index in [2.05, 4.69) is 15.6 Å². The van der Waals surface area contributed by atoms with Gasteiger partial charge in [0.05, 0.1) is 0 Å². The summed E-state index contributed by atoms with van der Waals surface area (Å²) in [5.41, 5.74) is 1.12. The minimum Gasteiger partial charge on any atom is -0.480 e. The number of thiazole rings is 1. The summed E-state index contributed by atoms with van der Waals surface area (Å²) in [7, 11) is 0. The molecule has 21 heavy (non-hydrogen) atoms. The third-order valence-electron chi connectivity index (χ3n) is 2.82. The van der Waals surface area contributed by atoms with Gasteiger partial charge in [-0.3, -0.25) is 4.79 Å². The molecule has 0 saturated carbocycles. The van der Waals surface area contributed by atoms with Crippen molar-refractivity contribution in [3.8, 4) is 0 Å². The first-order valence-electron chi connectivity index (χ1n) is 6.40. The van der Waals surface area contributed by atoms with Crippen molar-refractivity contribution in [2.45, 2.75) is 19.4 Å². The molecule has 6 nitrogen and oxygen atoms in total. The average molecular weight is 305 g/mol. The summed E-state index contributed by atoms with van der Waals surface area (Å²) in [4.78, 5) is 27.1. The highest BCUT2D eigenvalue weighted by atomic mass is 32.1. The number of carbonyl (C=O) groups excluding carboxylic acids is 1. The molecule has 0 saturated heterocycles. The molecule has 1 heterocycles. The number of aliphatic carboxylic acids is 1. The van der Waals surface area contributed by atoms with Gasteiger partial charge in [0.2, 0.25) is 0 Å². The van der Waals surface area contributed by atoms with Crippen molar-refractivity contribution in [2.24, 2.45) is 0 Å². The number of carboxylic acid groups (broad SMARTS) is 1. The molecule has 0 fully saturated rings. The molecular formula is C14H15N3O3S. The van der Waals surface area contributed by atoms with Crippen molar-refractivity contribution in [3.63, 3.8) is 0 Å². The minimum atomic E-state index is -1.04. The van der Waals surface area contributed by atoms with Crippen LogP contribution in [0.4, 0.5) is 10.8 Å². The predicted octanol–water partition coefficient (Wildman–Crippen LogP) is 2.48. The van der Waals surface area contributed by atoms with E-state index in [4.69, 9.17) is 5.11 Å². The number of rotatable bonds is 6. The third kappa shape index (κ3) is 4.03. The average Bonchev–Trinajstić information content (AvgIpc) is 2.97. The summed E-state index contributed by atoms with van der Waals surface area (Å²) in [6.07, 6.45) is 2.01. The highest BCUT2D eigenvalue weighted by Gasteiger charge is 2.18. The number of aromatic nitrogens is 1. The van der Waals surface area contributed by atoms with Gasteiger partial charge in [0, 0.05) is 22.8 Å². The fourth-order valence-electron chi connectivity index (χ4n) is 1.73. The quantitative estimate of drug-likeness (QED) is 0.762. The Balaban J connectivity index is 2.09. The van der Waals surface area contributed by atoms with Gasteiger partial charge in [-0.2, -0.15) is 0 Å². The Morgan fingerprint density at radius 2 is 2.24 bits per heavy atom. The van der Waals surface area contributed by atoms with Crippen LogP contribution in [-0.2, 0) is 4.79 Å². The number of nitrogens with zero attached hydrogens (tertiary/aromatic N) is 1. The maximum Gasteiger partial charge on any atom is 0.326 e. The van der Waals surface area contributed by atoms with Crippen molar-refractivity contribution in [1.29, 1.82) is 0 Å². The standard InChI is InChI=1S/C14H15N3O3S/c1-2-11(13(19)20)17-12(18)9-4-3-5-10(8-9)16-14-15-6-7-21-14/h3-8,11H,2H2,1H3,(H,15,16)(H,17,18)(H,19,20). The van der Waals surface area contributed by atoms with E-state index in [9.17, 15) is 9.59 Å². The van der Waals surface area contributed by atoms with Crippen LogP contribution in [0.5, 0.6) is 0 Å². The van der Waals surface area contributed by atoms with Gasteiger partial charge in [-0.1, -0.05) is 13.0 Å². The van der Waals surface area contributed by atoms with Crippen LogP contribution >= 0.6 is 11.3 Å². The molecule has 1 amide bonds. The Labute approximate surface area is 125 Å². The number of hydrogen-bond donors (Lipinski definition) is 3. The summed E-state index contributed by atoms with van der Waals surface area (Å²) in [6.45, 7) is 1.71. The number of nitrogens with one attached hydrogen (secondary N) is 2. The molecule has 0 aliphatic carbocycles. The van der Waals surface area contributed by atoms with Gasteiger partial charge in [0.15, 0.2) is 5.13 Å². The summed E-state index contributed by atoms with van der Waals surface area (Å²) < 4.78 is 0. The summed E-state index contributed by atoms with van der Waals surface area (Å²) in [6, 6.07) is 5.95. The van der Waals surface area contributed by atoms with Gasteiger partial charge in [-0.15, -0.1) is 11.3 Å². The first kappa shape index (κ1) is 15.0. The lowest BCUT2D eigenvalue weighted by molar-refractivity contribution is -0.139. The zero-order valence-electron chi connectivity index (χ0n) is 11.4. The second kappa shape index (κ2) is 6.85. The van der Waals surface area contributed by atoms with Gasteiger partial charge in [-0.05, 0) is 24.6 Å². The van der Waals surface area contributed by atoms with Crippen LogP contribution in [0.15, 0.2) is 35.8 Å². The van der Waals surface area contributed by atoms with Crippen molar-refractivity contribution >= 4 is 34.0 Å². The lowest BCUT2D eigenvalue weighted by atomic mass is 10.1. The SMILES string of the molecule is CCC(NC(=O)c1cccc(Nc2nccs2)c1)C(=O)O. The van der Waals surface area contributed by atoms with Gasteiger partial charge in [-0.25, -0.2) is 9.78 Å². The van der Waals surface area contributed by atoms with Crippen LogP contribution in [0, 0.1) is 0 Å². The van der Waals surface area contributed by atoms with Crippen LogP contribution in [0.2, 0.25) is 0 Å². The van der Waals surface area contributed by atoms with E-state index in [1.165, 1.54) is 11.3 Å². The molecule has 0 aliphatic heterocycles. The lowest BCUT2D eigenvalue weighted by Crippen LogP contribution is -2.40. The van der Waals surface area contributed by atoms with Gasteiger partial charge in [0.25, 0.3) is 5.91 Å². The molecule has 0 aliphatic rings. The Hall–Kier alpha value is -2.41. The topological polar surface area (TPSA) is 91.3 Å². The van der Waals surface area contributed by atoms with E-state index >= 15 is 0 Å². The predicted molar refractivity (Wildman–Crippen MR) is 81.0 cm³/mol. The van der Waals surface area contributed by atoms with Crippen molar-refractivity contribution in [1.82, 2.24) is 10.3 Å². The molecule has 1 aromatic carbocycles. The molecule has 0 radical (unpaired) electrons. The zero-order chi connectivity index (χ0) is 15.2. The van der Waals surface area contributed by atoms with Crippen LogP contribution in [0.25, 0.3) is 0 Å². The Bertz CT molecular complexity index is 628. The Morgan fingerprint density at radius 3 is 2.86 bits per heavy atom. The summed E-state index contributed by atoms with van der Waals surface area (Å²) in [5, 5.41) is 17.1. The monoisotopic (exact) mass is 305 g/mol. The van der Waals surface area contributed by atoms with E-state index in [1.807, 2.05) is 11.4 Å². The van der Waals surface area contributed by atoms with Gasteiger partial charge in [0.1, 0.15) is 6.04 Å². The Morgan fingerprint density at radius 1 is 1.43 bits per heavy atom. The fourth-order valence-corrected chi connectivity index (χ4v) is 2.28. The van der Waals surface area contributed by atoms with E-state index < -0.39 is 17.9 Å². The molecule has 1 aromatic heterocycles. The van der Waals surface area contributed by atoms with Crippen molar-refractivity contribution in [2.75, 3.05) is 5.32 Å². The van der Waals surface area contributed by atoms with E-state index in [0.29, 0.717) is 12.0 Å². The summed E-state index contributed by atoms with van der Waals surface area (Å²) >= 11 is 1.45. The van der Waals surface area contributed by atoms with Gasteiger partial charge >= 0.3 is 5.97 Å². The number of hydrogen-bond acceptors (Lipinski definition) is 5. The largest absolute Gasteiger partial charge is 0.480 e. The number of amides is 1. The molecule has 0 spiro atoms. The van der Waals surface area contributed by atoms with Crippen LogP contribution in [0.3, 0.4) is 0 Å². The number of benzene rings is 1. The second-order valence-corrected chi connectivity index (χ2v) is 5.21. The molecule has 3 N–H and O–H groups in total. The highest BCUT2D eigenvalue weighted by molar-refractivity contribution is 7.13. The molecule has 110 valence electrons. The first-order valence-corrected chi connectivity index (χ1v) is 7.28. The normalized spacial score (nSPS) is 11.7. The highest BCUT2D eigenvalue weighted by Crippen LogP contribution is 2.19. The first-order chi connectivity index (χ1) is 10.1. The van der Waals surface area contributed by atoms with Crippen molar-refractivity contribution < 1.29 is 14.7 Å². The molecule has 1 atom stereocenters. The summed E-state index contributed by atoms with van der Waals surface area (Å²) in [5.74, 6) is -1.45. The van der Waals surface area contributed by atoms with E-state index in [-0.39, 0.29) is 0 Å². The second-order valence-electron chi connectivity index (χ2n) is 4.32. The zero-order valence-corrected chi connectivity index (χ0v) is 12.2. The van der Waals surface area contributed by atoms with Crippen LogP contribution < -0.4 is 10.6 Å². The van der Waals surface area contributed by atoms with E-state index in [0.717, 1.165) is 10.8 Å². The molecule has 0 bridgehead atoms. The number of carboxylic acids is 1.